The Labute approximate surface area is 149 Å². The van der Waals surface area contributed by atoms with E-state index in [1.54, 1.807) is 24.3 Å². The number of hydrogen-bond donors (Lipinski definition) is 3. The van der Waals surface area contributed by atoms with Gasteiger partial charge in [-0.25, -0.2) is 10.3 Å². The van der Waals surface area contributed by atoms with Crippen molar-refractivity contribution in [2.75, 3.05) is 0 Å². The molecule has 3 rings (SSSR count). The molecular formula is C18H17ClN5O+. The predicted molar refractivity (Wildman–Crippen MR) is 97.4 cm³/mol. The first-order chi connectivity index (χ1) is 12.0. The van der Waals surface area contributed by atoms with Gasteiger partial charge in [0.05, 0.1) is 12.1 Å². The summed E-state index contributed by atoms with van der Waals surface area (Å²) in [6.45, 7) is 1.89. The number of hydrogen-bond acceptors (Lipinski definition) is 3. The lowest BCUT2D eigenvalue weighted by Crippen LogP contribution is -2.75. The summed E-state index contributed by atoms with van der Waals surface area (Å²) in [5.41, 5.74) is 8.32. The van der Waals surface area contributed by atoms with Gasteiger partial charge in [-0.2, -0.15) is 0 Å². The van der Waals surface area contributed by atoms with Crippen LogP contribution in [0.1, 0.15) is 11.3 Å². The van der Waals surface area contributed by atoms with Gasteiger partial charge in [-0.15, -0.1) is 9.97 Å². The molecule has 2 aromatic carbocycles. The van der Waals surface area contributed by atoms with Gasteiger partial charge < -0.3 is 5.73 Å². The van der Waals surface area contributed by atoms with Crippen molar-refractivity contribution in [1.82, 2.24) is 15.3 Å². The lowest BCUT2D eigenvalue weighted by atomic mass is 10.1. The quantitative estimate of drug-likeness (QED) is 0.482. The Morgan fingerprint density at radius 2 is 1.88 bits per heavy atom. The summed E-state index contributed by atoms with van der Waals surface area (Å²) in [6, 6.07) is 14.7. The lowest BCUT2D eigenvalue weighted by Gasteiger charge is -2.02. The maximum absolute atomic E-state index is 12.1. The third kappa shape index (κ3) is 4.30. The molecule has 0 aliphatic rings. The van der Waals surface area contributed by atoms with Crippen molar-refractivity contribution in [1.29, 1.82) is 0 Å². The number of nitrogens with one attached hydrogen (secondary N) is 2. The zero-order valence-electron chi connectivity index (χ0n) is 13.6. The molecule has 0 bridgehead atoms. The third-order valence-corrected chi connectivity index (χ3v) is 3.84. The van der Waals surface area contributed by atoms with Crippen molar-refractivity contribution in [2.24, 2.45) is 5.73 Å². The number of benzene rings is 2. The molecule has 0 radical (unpaired) electrons. The summed E-state index contributed by atoms with van der Waals surface area (Å²) in [5.74, 6) is 0.166. The zero-order chi connectivity index (χ0) is 17.8. The second-order valence-corrected chi connectivity index (χ2v) is 5.98. The van der Waals surface area contributed by atoms with Crippen LogP contribution in [0.2, 0.25) is 5.02 Å². The van der Waals surface area contributed by atoms with Gasteiger partial charge >= 0.3 is 5.95 Å². The summed E-state index contributed by atoms with van der Waals surface area (Å²) in [6.07, 6.45) is 0.192. The van der Waals surface area contributed by atoms with E-state index in [0.29, 0.717) is 11.0 Å². The molecule has 3 aromatic rings. The van der Waals surface area contributed by atoms with E-state index >= 15 is 0 Å². The Bertz CT molecular complexity index is 953. The Balaban J connectivity index is 1.73. The molecule has 0 aliphatic carbocycles. The van der Waals surface area contributed by atoms with Gasteiger partial charge in [-0.3, -0.25) is 4.79 Å². The monoisotopic (exact) mass is 354 g/mol. The van der Waals surface area contributed by atoms with E-state index in [1.807, 2.05) is 31.2 Å². The van der Waals surface area contributed by atoms with E-state index in [2.05, 4.69) is 20.3 Å². The van der Waals surface area contributed by atoms with Crippen LogP contribution in [-0.2, 0) is 11.2 Å². The number of nitrogens with zero attached hydrogens (tertiary/aromatic N) is 2. The highest BCUT2D eigenvalue weighted by molar-refractivity contribution is 6.30. The molecule has 1 amide bonds. The van der Waals surface area contributed by atoms with Crippen LogP contribution in [-0.4, -0.2) is 21.8 Å². The maximum Gasteiger partial charge on any atom is 0.354 e. The molecule has 1 heterocycles. The lowest BCUT2D eigenvalue weighted by molar-refractivity contribution is -0.367. The molecule has 0 unspecified atom stereocenters. The third-order valence-electron chi connectivity index (χ3n) is 3.59. The number of nitrogens with two attached hydrogens (primary N) is 1. The topological polar surface area (TPSA) is 94.9 Å². The number of guanidine groups is 1. The Morgan fingerprint density at radius 3 is 2.64 bits per heavy atom. The molecular weight excluding hydrogens is 338 g/mol. The van der Waals surface area contributed by atoms with Gasteiger partial charge in [-0.05, 0) is 36.8 Å². The van der Waals surface area contributed by atoms with E-state index in [4.69, 9.17) is 17.3 Å². The first-order valence-electron chi connectivity index (χ1n) is 7.68. The molecule has 4 N–H and O–H groups in total. The number of amides is 1. The van der Waals surface area contributed by atoms with Crippen molar-refractivity contribution in [2.45, 2.75) is 13.3 Å². The van der Waals surface area contributed by atoms with Crippen molar-refractivity contribution >= 4 is 40.3 Å². The second-order valence-electron chi connectivity index (χ2n) is 5.54. The highest BCUT2D eigenvalue weighted by atomic mass is 35.5. The molecule has 0 spiro atoms. The minimum Gasteiger partial charge on any atom is -0.322 e. The highest BCUT2D eigenvalue weighted by Crippen LogP contribution is 2.14. The fraction of sp³-hybridized carbons (Fsp3) is 0.111. The second kappa shape index (κ2) is 7.27. The standard InChI is InChI=1S/C18H16ClN5O/c1-11-14-4-2-3-5-15(14)22-18(21-11)24-17(20)23-16(25)10-12-6-8-13(19)9-7-12/h2-9H,10H2,1H3,(H3,20,21,22,23,24,25)/p+1. The molecule has 0 fully saturated rings. The largest absolute Gasteiger partial charge is 0.354 e. The van der Waals surface area contributed by atoms with E-state index in [1.165, 1.54) is 0 Å². The van der Waals surface area contributed by atoms with Gasteiger partial charge in [0.2, 0.25) is 0 Å². The molecule has 126 valence electrons. The molecule has 6 nitrogen and oxygen atoms in total. The number of para-hydroxylation sites is 1. The van der Waals surface area contributed by atoms with Crippen LogP contribution in [0, 0.1) is 6.92 Å². The fourth-order valence-electron chi connectivity index (χ4n) is 2.42. The SMILES string of the molecule is Cc1nc([NH+]=C(N)NC(=O)Cc2ccc(Cl)cc2)nc2ccccc12. The molecule has 1 aromatic heterocycles. The molecule has 0 aliphatic heterocycles. The summed E-state index contributed by atoms with van der Waals surface area (Å²) in [7, 11) is 0. The number of aromatic nitrogens is 2. The van der Waals surface area contributed by atoms with Crippen LogP contribution in [0.25, 0.3) is 10.9 Å². The Hall–Kier alpha value is -2.99. The van der Waals surface area contributed by atoms with Crippen LogP contribution in [0.4, 0.5) is 5.95 Å². The van der Waals surface area contributed by atoms with Gasteiger partial charge in [-0.1, -0.05) is 35.9 Å². The minimum atomic E-state index is -0.246. The normalized spacial score (nSPS) is 11.5. The van der Waals surface area contributed by atoms with Crippen molar-refractivity contribution in [3.63, 3.8) is 0 Å². The van der Waals surface area contributed by atoms with E-state index in [-0.39, 0.29) is 18.3 Å². The molecule has 25 heavy (non-hydrogen) atoms. The summed E-state index contributed by atoms with van der Waals surface area (Å²) in [5, 5.41) is 4.19. The van der Waals surface area contributed by atoms with E-state index < -0.39 is 0 Å². The molecule has 0 atom stereocenters. The van der Waals surface area contributed by atoms with Crippen molar-refractivity contribution in [3.8, 4) is 0 Å². The van der Waals surface area contributed by atoms with Crippen LogP contribution in [0.3, 0.4) is 0 Å². The Morgan fingerprint density at radius 1 is 1.16 bits per heavy atom. The smallest absolute Gasteiger partial charge is 0.322 e. The first-order valence-corrected chi connectivity index (χ1v) is 8.06. The summed E-state index contributed by atoms with van der Waals surface area (Å²) >= 11 is 5.83. The van der Waals surface area contributed by atoms with Crippen LogP contribution in [0.15, 0.2) is 48.5 Å². The molecule has 0 saturated heterocycles. The highest BCUT2D eigenvalue weighted by Gasteiger charge is 2.11. The number of carbonyl (C=O) groups excluding carboxylic acids is 1. The predicted octanol–water partition coefficient (Wildman–Crippen LogP) is 0.977. The van der Waals surface area contributed by atoms with Gasteiger partial charge in [0.15, 0.2) is 0 Å². The summed E-state index contributed by atoms with van der Waals surface area (Å²) in [4.78, 5) is 23.6. The summed E-state index contributed by atoms with van der Waals surface area (Å²) < 4.78 is 0. The van der Waals surface area contributed by atoms with Gasteiger partial charge in [0.25, 0.3) is 11.9 Å². The average Bonchev–Trinajstić information content (AvgIpc) is 2.57. The average molecular weight is 355 g/mol. The number of rotatable bonds is 3. The molecule has 7 heteroatoms. The zero-order valence-corrected chi connectivity index (χ0v) is 14.3. The van der Waals surface area contributed by atoms with Crippen LogP contribution >= 0.6 is 11.6 Å². The fourth-order valence-corrected chi connectivity index (χ4v) is 2.55. The minimum absolute atomic E-state index is 0.0774. The van der Waals surface area contributed by atoms with E-state index in [9.17, 15) is 4.79 Å². The number of carbonyl (C=O) groups is 1. The molecule has 0 saturated carbocycles. The number of fused-ring (bicyclic) bond motifs is 1. The first kappa shape index (κ1) is 16.9. The number of halogens is 1. The van der Waals surface area contributed by atoms with Crippen LogP contribution < -0.4 is 16.0 Å². The maximum atomic E-state index is 12.1. The van der Waals surface area contributed by atoms with Crippen LogP contribution in [0.5, 0.6) is 0 Å². The van der Waals surface area contributed by atoms with Crippen molar-refractivity contribution < 1.29 is 9.79 Å². The van der Waals surface area contributed by atoms with E-state index in [0.717, 1.165) is 22.2 Å². The van der Waals surface area contributed by atoms with Gasteiger partial charge in [0, 0.05) is 10.4 Å². The Kier molecular flexibility index (Phi) is 4.90. The van der Waals surface area contributed by atoms with Crippen molar-refractivity contribution in [3.05, 3.63) is 64.8 Å². The number of aryl methyl sites for hydroxylation is 1. The van der Waals surface area contributed by atoms with Gasteiger partial charge in [0.1, 0.15) is 5.52 Å².